The third kappa shape index (κ3) is 3.68. The predicted molar refractivity (Wildman–Crippen MR) is 91.6 cm³/mol. The van der Waals surface area contributed by atoms with Gasteiger partial charge in [-0.3, -0.25) is 9.48 Å². The van der Waals surface area contributed by atoms with Crippen LogP contribution in [-0.2, 0) is 6.54 Å². The number of carbonyl (C=O) groups is 1. The fraction of sp³-hybridized carbons (Fsp3) is 0.158. The molecule has 5 heteroatoms. The van der Waals surface area contributed by atoms with Gasteiger partial charge in [-0.2, -0.15) is 5.10 Å². The van der Waals surface area contributed by atoms with Crippen LogP contribution in [0.15, 0.2) is 54.6 Å². The molecule has 0 bridgehead atoms. The quantitative estimate of drug-likeness (QED) is 0.790. The van der Waals surface area contributed by atoms with E-state index >= 15 is 0 Å². The summed E-state index contributed by atoms with van der Waals surface area (Å²) in [5.74, 6) is -0.750. The fourth-order valence-corrected chi connectivity index (χ4v) is 2.41. The third-order valence-electron chi connectivity index (χ3n) is 3.75. The third-order valence-corrected chi connectivity index (χ3v) is 3.75. The first-order valence-corrected chi connectivity index (χ1v) is 7.68. The minimum Gasteiger partial charge on any atom is -0.320 e. The Hall–Kier alpha value is -2.95. The molecule has 2 aromatic carbocycles. The second-order valence-electron chi connectivity index (χ2n) is 5.78. The molecular weight excluding hydrogens is 305 g/mol. The number of benzene rings is 2. The molecule has 122 valence electrons. The summed E-state index contributed by atoms with van der Waals surface area (Å²) < 4.78 is 15.0. The van der Waals surface area contributed by atoms with Gasteiger partial charge in [0.1, 0.15) is 5.82 Å². The zero-order valence-electron chi connectivity index (χ0n) is 13.6. The van der Waals surface area contributed by atoms with Crippen LogP contribution in [0.25, 0.3) is 0 Å². The summed E-state index contributed by atoms with van der Waals surface area (Å²) in [6.07, 6.45) is 0. The van der Waals surface area contributed by atoms with Crippen LogP contribution in [0.3, 0.4) is 0 Å². The van der Waals surface area contributed by atoms with Crippen molar-refractivity contribution in [1.82, 2.24) is 9.78 Å². The van der Waals surface area contributed by atoms with Crippen molar-refractivity contribution < 1.29 is 9.18 Å². The lowest BCUT2D eigenvalue weighted by Gasteiger charge is -2.05. The van der Waals surface area contributed by atoms with Crippen LogP contribution < -0.4 is 5.32 Å². The summed E-state index contributed by atoms with van der Waals surface area (Å²) in [7, 11) is 0. The summed E-state index contributed by atoms with van der Waals surface area (Å²) >= 11 is 0. The molecule has 1 heterocycles. The number of carbonyl (C=O) groups excluding carboxylic acids is 1. The van der Waals surface area contributed by atoms with Gasteiger partial charge in [0.25, 0.3) is 5.91 Å². The summed E-state index contributed by atoms with van der Waals surface area (Å²) in [5.41, 5.74) is 3.92. The monoisotopic (exact) mass is 323 g/mol. The zero-order chi connectivity index (χ0) is 17.1. The molecule has 0 spiro atoms. The molecule has 4 nitrogen and oxygen atoms in total. The average molecular weight is 323 g/mol. The van der Waals surface area contributed by atoms with Crippen LogP contribution in [0.5, 0.6) is 0 Å². The molecule has 0 atom stereocenters. The van der Waals surface area contributed by atoms with Crippen molar-refractivity contribution in [2.75, 3.05) is 5.32 Å². The molecule has 1 N–H and O–H groups in total. The molecule has 1 aromatic heterocycles. The topological polar surface area (TPSA) is 46.9 Å². The molecule has 3 aromatic rings. The Morgan fingerprint density at radius 2 is 1.88 bits per heavy atom. The highest BCUT2D eigenvalue weighted by molar-refractivity contribution is 6.02. The summed E-state index contributed by atoms with van der Waals surface area (Å²) in [5, 5.41) is 7.01. The van der Waals surface area contributed by atoms with Crippen molar-refractivity contribution in [1.29, 1.82) is 0 Å². The van der Waals surface area contributed by atoms with E-state index in [1.165, 1.54) is 17.7 Å². The molecule has 0 radical (unpaired) electrons. The van der Waals surface area contributed by atoms with E-state index in [1.807, 2.05) is 38.1 Å². The Bertz CT molecular complexity index is 869. The number of nitrogens with one attached hydrogen (secondary N) is 1. The van der Waals surface area contributed by atoms with Gasteiger partial charge in [-0.1, -0.05) is 35.9 Å². The second kappa shape index (κ2) is 6.66. The van der Waals surface area contributed by atoms with Crippen LogP contribution in [0, 0.1) is 19.7 Å². The molecule has 0 unspecified atom stereocenters. The highest BCUT2D eigenvalue weighted by atomic mass is 19.1. The molecule has 0 saturated carbocycles. The molecule has 1 amide bonds. The first-order chi connectivity index (χ1) is 11.5. The lowest BCUT2D eigenvalue weighted by molar-refractivity contribution is 0.102. The summed E-state index contributed by atoms with van der Waals surface area (Å²) in [6, 6.07) is 15.7. The van der Waals surface area contributed by atoms with Gasteiger partial charge < -0.3 is 5.32 Å². The Labute approximate surface area is 139 Å². The second-order valence-corrected chi connectivity index (χ2v) is 5.78. The molecule has 0 fully saturated rings. The van der Waals surface area contributed by atoms with Gasteiger partial charge >= 0.3 is 0 Å². The van der Waals surface area contributed by atoms with Crippen LogP contribution in [0.4, 0.5) is 10.1 Å². The van der Waals surface area contributed by atoms with Crippen molar-refractivity contribution >= 4 is 11.6 Å². The van der Waals surface area contributed by atoms with Crippen molar-refractivity contribution in [2.24, 2.45) is 0 Å². The summed E-state index contributed by atoms with van der Waals surface area (Å²) in [4.78, 5) is 12.3. The number of rotatable bonds is 4. The molecule has 0 aliphatic rings. The van der Waals surface area contributed by atoms with Gasteiger partial charge in [-0.15, -0.1) is 0 Å². The minimum atomic E-state index is -0.395. The molecule has 0 aliphatic carbocycles. The van der Waals surface area contributed by atoms with E-state index in [0.29, 0.717) is 17.9 Å². The Balaban J connectivity index is 1.75. The van der Waals surface area contributed by atoms with Gasteiger partial charge in [0.05, 0.1) is 6.54 Å². The van der Waals surface area contributed by atoms with E-state index in [2.05, 4.69) is 10.4 Å². The average Bonchev–Trinajstić information content (AvgIpc) is 2.91. The van der Waals surface area contributed by atoms with E-state index in [0.717, 1.165) is 11.3 Å². The van der Waals surface area contributed by atoms with Crippen molar-refractivity contribution in [3.05, 3.63) is 82.9 Å². The first-order valence-electron chi connectivity index (χ1n) is 7.68. The van der Waals surface area contributed by atoms with Gasteiger partial charge in [0.2, 0.25) is 0 Å². The zero-order valence-corrected chi connectivity index (χ0v) is 13.6. The number of amides is 1. The largest absolute Gasteiger partial charge is 0.320 e. The van der Waals surface area contributed by atoms with Crippen LogP contribution in [0.2, 0.25) is 0 Å². The highest BCUT2D eigenvalue weighted by Crippen LogP contribution is 2.13. The van der Waals surface area contributed by atoms with Gasteiger partial charge in [-0.05, 0) is 43.7 Å². The van der Waals surface area contributed by atoms with E-state index in [1.54, 1.807) is 22.9 Å². The standard InChI is InChI=1S/C19H18FN3O/c1-13-6-8-15(9-7-13)12-23-14(2)10-18(22-23)19(24)21-17-5-3-4-16(20)11-17/h3-11H,12H2,1-2H3,(H,21,24). The van der Waals surface area contributed by atoms with Gasteiger partial charge in [-0.25, -0.2) is 4.39 Å². The van der Waals surface area contributed by atoms with Crippen molar-refractivity contribution in [3.63, 3.8) is 0 Å². The molecular formula is C19H18FN3O. The number of aryl methyl sites for hydroxylation is 2. The Morgan fingerprint density at radius 3 is 2.58 bits per heavy atom. The predicted octanol–water partition coefficient (Wildman–Crippen LogP) is 3.94. The Morgan fingerprint density at radius 1 is 1.12 bits per heavy atom. The van der Waals surface area contributed by atoms with Crippen LogP contribution >= 0.6 is 0 Å². The number of hydrogen-bond acceptors (Lipinski definition) is 2. The Kier molecular flexibility index (Phi) is 4.42. The van der Waals surface area contributed by atoms with Gasteiger partial charge in [0.15, 0.2) is 5.69 Å². The highest BCUT2D eigenvalue weighted by Gasteiger charge is 2.13. The molecule has 0 saturated heterocycles. The van der Waals surface area contributed by atoms with E-state index in [-0.39, 0.29) is 5.91 Å². The summed E-state index contributed by atoms with van der Waals surface area (Å²) in [6.45, 7) is 4.54. The van der Waals surface area contributed by atoms with Crippen molar-refractivity contribution in [3.8, 4) is 0 Å². The van der Waals surface area contributed by atoms with E-state index in [9.17, 15) is 9.18 Å². The first kappa shape index (κ1) is 15.9. The molecule has 0 aliphatic heterocycles. The molecule has 3 rings (SSSR count). The number of halogens is 1. The van der Waals surface area contributed by atoms with E-state index in [4.69, 9.17) is 0 Å². The van der Waals surface area contributed by atoms with Crippen LogP contribution in [0.1, 0.15) is 27.3 Å². The van der Waals surface area contributed by atoms with E-state index < -0.39 is 5.82 Å². The number of anilines is 1. The minimum absolute atomic E-state index is 0.309. The smallest absolute Gasteiger partial charge is 0.276 e. The SMILES string of the molecule is Cc1ccc(Cn2nc(C(=O)Nc3cccc(F)c3)cc2C)cc1. The number of aromatic nitrogens is 2. The maximum atomic E-state index is 13.2. The lowest BCUT2D eigenvalue weighted by atomic mass is 10.1. The fourth-order valence-electron chi connectivity index (χ4n) is 2.41. The van der Waals surface area contributed by atoms with Gasteiger partial charge in [0, 0.05) is 11.4 Å². The molecule has 24 heavy (non-hydrogen) atoms. The lowest BCUT2D eigenvalue weighted by Crippen LogP contribution is -2.13. The number of nitrogens with zero attached hydrogens (tertiary/aromatic N) is 2. The van der Waals surface area contributed by atoms with Crippen molar-refractivity contribution in [2.45, 2.75) is 20.4 Å². The maximum absolute atomic E-state index is 13.2. The maximum Gasteiger partial charge on any atom is 0.276 e. The normalized spacial score (nSPS) is 10.6. The number of hydrogen-bond donors (Lipinski definition) is 1. The van der Waals surface area contributed by atoms with Crippen LogP contribution in [-0.4, -0.2) is 15.7 Å².